The lowest BCUT2D eigenvalue weighted by molar-refractivity contribution is -0.384. The van der Waals surface area contributed by atoms with Crippen LogP contribution in [0, 0.1) is 17.0 Å². The first-order valence-corrected chi connectivity index (χ1v) is 9.56. The fraction of sp³-hybridized carbons (Fsp3) is 0.0833. The van der Waals surface area contributed by atoms with Gasteiger partial charge in [0.25, 0.3) is 17.4 Å². The van der Waals surface area contributed by atoms with Gasteiger partial charge in [0, 0.05) is 23.4 Å². The number of nitro benzene ring substituents is 1. The molecule has 0 aromatic heterocycles. The van der Waals surface area contributed by atoms with Gasteiger partial charge in [0.1, 0.15) is 5.76 Å². The summed E-state index contributed by atoms with van der Waals surface area (Å²) in [5.41, 5.74) is 1.86. The number of nitrogens with zero attached hydrogens (tertiary/aromatic N) is 2. The molecule has 4 rings (SSSR count). The van der Waals surface area contributed by atoms with Gasteiger partial charge in [0.15, 0.2) is 0 Å². The summed E-state index contributed by atoms with van der Waals surface area (Å²) in [7, 11) is 0. The lowest BCUT2D eigenvalue weighted by Crippen LogP contribution is -2.29. The number of aliphatic hydroxyl groups excluding tert-OH is 1. The van der Waals surface area contributed by atoms with Crippen molar-refractivity contribution in [1.29, 1.82) is 0 Å². The normalized spacial score (nSPS) is 17.7. The molecular formula is C24H18N2O5. The fourth-order valence-electron chi connectivity index (χ4n) is 3.68. The number of non-ortho nitro benzene ring substituents is 1. The second-order valence-electron chi connectivity index (χ2n) is 7.22. The average molecular weight is 414 g/mol. The maximum absolute atomic E-state index is 13.0. The first-order valence-electron chi connectivity index (χ1n) is 9.56. The Bertz CT molecular complexity index is 1220. The van der Waals surface area contributed by atoms with Crippen molar-refractivity contribution in [3.8, 4) is 0 Å². The number of rotatable bonds is 4. The number of hydrogen-bond acceptors (Lipinski definition) is 5. The van der Waals surface area contributed by atoms with Gasteiger partial charge < -0.3 is 5.11 Å². The molecule has 1 N–H and O–H groups in total. The molecule has 1 aliphatic rings. The minimum Gasteiger partial charge on any atom is -0.507 e. The molecule has 1 saturated heterocycles. The third-order valence-electron chi connectivity index (χ3n) is 5.20. The number of amides is 1. The Balaban J connectivity index is 1.96. The number of nitro groups is 1. The minimum atomic E-state index is -1.01. The summed E-state index contributed by atoms with van der Waals surface area (Å²) < 4.78 is 0. The molecule has 0 radical (unpaired) electrons. The van der Waals surface area contributed by atoms with Crippen LogP contribution in [0.5, 0.6) is 0 Å². The molecule has 1 amide bonds. The topological polar surface area (TPSA) is 101 Å². The predicted octanol–water partition coefficient (Wildman–Crippen LogP) is 4.53. The van der Waals surface area contributed by atoms with Crippen molar-refractivity contribution in [3.63, 3.8) is 0 Å². The third-order valence-corrected chi connectivity index (χ3v) is 5.20. The molecule has 3 aromatic rings. The summed E-state index contributed by atoms with van der Waals surface area (Å²) in [5, 5.41) is 22.3. The number of aliphatic hydroxyl groups is 1. The van der Waals surface area contributed by atoms with Gasteiger partial charge in [-0.15, -0.1) is 0 Å². The maximum Gasteiger partial charge on any atom is 0.300 e. The van der Waals surface area contributed by atoms with E-state index in [0.29, 0.717) is 16.8 Å². The van der Waals surface area contributed by atoms with E-state index in [1.807, 2.05) is 6.92 Å². The smallest absolute Gasteiger partial charge is 0.300 e. The number of para-hydroxylation sites is 1. The molecule has 7 heteroatoms. The van der Waals surface area contributed by atoms with Crippen LogP contribution in [0.15, 0.2) is 84.4 Å². The Morgan fingerprint density at radius 3 is 2.29 bits per heavy atom. The lowest BCUT2D eigenvalue weighted by atomic mass is 9.94. The van der Waals surface area contributed by atoms with E-state index < -0.39 is 22.7 Å². The van der Waals surface area contributed by atoms with Crippen LogP contribution in [0.1, 0.15) is 22.7 Å². The highest BCUT2D eigenvalue weighted by molar-refractivity contribution is 6.51. The van der Waals surface area contributed by atoms with Gasteiger partial charge in [0.2, 0.25) is 0 Å². The highest BCUT2D eigenvalue weighted by Crippen LogP contribution is 2.42. The van der Waals surface area contributed by atoms with Crippen molar-refractivity contribution in [2.45, 2.75) is 13.0 Å². The van der Waals surface area contributed by atoms with E-state index in [2.05, 4.69) is 0 Å². The number of anilines is 1. The molecule has 0 spiro atoms. The van der Waals surface area contributed by atoms with E-state index in [9.17, 15) is 24.8 Å². The highest BCUT2D eigenvalue weighted by Gasteiger charge is 2.47. The van der Waals surface area contributed by atoms with Crippen molar-refractivity contribution in [3.05, 3.63) is 111 Å². The molecule has 1 atom stereocenters. The van der Waals surface area contributed by atoms with Gasteiger partial charge in [0.05, 0.1) is 16.5 Å². The summed E-state index contributed by atoms with van der Waals surface area (Å²) in [6.45, 7) is 1.89. The van der Waals surface area contributed by atoms with Gasteiger partial charge in [-0.3, -0.25) is 24.6 Å². The lowest BCUT2D eigenvalue weighted by Gasteiger charge is -2.25. The Hall–Kier alpha value is -4.26. The molecule has 1 aliphatic heterocycles. The SMILES string of the molecule is Cc1ccc(/C(O)=C2\C(=O)C(=O)N(c3ccccc3)C2c2cccc([N+](=O)[O-])c2)cc1. The van der Waals surface area contributed by atoms with Crippen molar-refractivity contribution in [1.82, 2.24) is 0 Å². The van der Waals surface area contributed by atoms with Crippen molar-refractivity contribution < 1.29 is 19.6 Å². The van der Waals surface area contributed by atoms with Gasteiger partial charge in [-0.1, -0.05) is 60.2 Å². The van der Waals surface area contributed by atoms with E-state index in [-0.39, 0.29) is 17.0 Å². The molecule has 31 heavy (non-hydrogen) atoms. The Morgan fingerprint density at radius 2 is 1.65 bits per heavy atom. The first-order chi connectivity index (χ1) is 14.9. The Kier molecular flexibility index (Phi) is 5.09. The fourth-order valence-corrected chi connectivity index (χ4v) is 3.68. The number of aryl methyl sites for hydroxylation is 1. The average Bonchev–Trinajstić information content (AvgIpc) is 3.05. The zero-order chi connectivity index (χ0) is 22.1. The Labute approximate surface area is 178 Å². The molecule has 0 bridgehead atoms. The zero-order valence-electron chi connectivity index (χ0n) is 16.6. The Morgan fingerprint density at radius 1 is 0.968 bits per heavy atom. The standard InChI is InChI=1S/C24H18N2O5/c1-15-10-12-16(13-11-15)22(27)20-21(17-6-5-9-19(14-17)26(30)31)25(24(29)23(20)28)18-7-3-2-4-8-18/h2-14,21,27H,1H3/b22-20+. The molecular weight excluding hydrogens is 396 g/mol. The van der Waals surface area contributed by atoms with Gasteiger partial charge in [-0.25, -0.2) is 0 Å². The van der Waals surface area contributed by atoms with Crippen LogP contribution in [0.25, 0.3) is 5.76 Å². The van der Waals surface area contributed by atoms with Crippen LogP contribution < -0.4 is 4.90 Å². The molecule has 1 heterocycles. The summed E-state index contributed by atoms with van der Waals surface area (Å²) >= 11 is 0. The van der Waals surface area contributed by atoms with Gasteiger partial charge >= 0.3 is 0 Å². The second kappa shape index (κ2) is 7.87. The van der Waals surface area contributed by atoms with E-state index in [0.717, 1.165) is 5.56 Å². The van der Waals surface area contributed by atoms with Crippen molar-refractivity contribution in [2.75, 3.05) is 4.90 Å². The molecule has 0 saturated carbocycles. The maximum atomic E-state index is 13.0. The van der Waals surface area contributed by atoms with Crippen LogP contribution in [0.4, 0.5) is 11.4 Å². The van der Waals surface area contributed by atoms with E-state index in [1.54, 1.807) is 60.7 Å². The second-order valence-corrected chi connectivity index (χ2v) is 7.22. The quantitative estimate of drug-likeness (QED) is 0.222. The minimum absolute atomic E-state index is 0.113. The molecule has 0 aliphatic carbocycles. The monoisotopic (exact) mass is 414 g/mol. The predicted molar refractivity (Wildman–Crippen MR) is 116 cm³/mol. The van der Waals surface area contributed by atoms with Crippen LogP contribution in [-0.4, -0.2) is 21.7 Å². The van der Waals surface area contributed by atoms with E-state index >= 15 is 0 Å². The molecule has 154 valence electrons. The molecule has 7 nitrogen and oxygen atoms in total. The number of hydrogen-bond donors (Lipinski definition) is 1. The van der Waals surface area contributed by atoms with Crippen LogP contribution in [-0.2, 0) is 9.59 Å². The summed E-state index contributed by atoms with van der Waals surface area (Å²) in [4.78, 5) is 38.1. The van der Waals surface area contributed by atoms with E-state index in [1.165, 1.54) is 23.1 Å². The van der Waals surface area contributed by atoms with Crippen molar-refractivity contribution in [2.24, 2.45) is 0 Å². The van der Waals surface area contributed by atoms with Crippen LogP contribution in [0.2, 0.25) is 0 Å². The third kappa shape index (κ3) is 3.57. The van der Waals surface area contributed by atoms with E-state index in [4.69, 9.17) is 0 Å². The molecule has 1 fully saturated rings. The zero-order valence-corrected chi connectivity index (χ0v) is 16.6. The van der Waals surface area contributed by atoms with Gasteiger partial charge in [-0.2, -0.15) is 0 Å². The number of Topliss-reactive ketones (excluding diaryl/α,β-unsaturated/α-hetero) is 1. The van der Waals surface area contributed by atoms with Crippen LogP contribution in [0.3, 0.4) is 0 Å². The number of carbonyl (C=O) groups is 2. The summed E-state index contributed by atoms with van der Waals surface area (Å²) in [6, 6.07) is 20.2. The van der Waals surface area contributed by atoms with Crippen LogP contribution >= 0.6 is 0 Å². The molecule has 1 unspecified atom stereocenters. The van der Waals surface area contributed by atoms with Gasteiger partial charge in [-0.05, 0) is 24.6 Å². The number of ketones is 1. The molecule has 3 aromatic carbocycles. The number of carbonyl (C=O) groups excluding carboxylic acids is 2. The van der Waals surface area contributed by atoms with Crippen molar-refractivity contribution >= 4 is 28.8 Å². The summed E-state index contributed by atoms with van der Waals surface area (Å²) in [6.07, 6.45) is 0. The first kappa shape index (κ1) is 20.0. The highest BCUT2D eigenvalue weighted by atomic mass is 16.6. The number of benzene rings is 3. The summed E-state index contributed by atoms with van der Waals surface area (Å²) in [5.74, 6) is -1.98. The largest absolute Gasteiger partial charge is 0.507 e.